The van der Waals surface area contributed by atoms with Gasteiger partial charge in [-0.3, -0.25) is 4.79 Å². The summed E-state index contributed by atoms with van der Waals surface area (Å²) in [5.74, 6) is 0. The molecule has 0 saturated heterocycles. The average Bonchev–Trinajstić information content (AvgIpc) is 3.17. The number of carbonyl (C=O) groups excluding carboxylic acids is 1. The zero-order valence-corrected chi connectivity index (χ0v) is 18.2. The maximum absolute atomic E-state index is 11.8. The minimum absolute atomic E-state index is 0.254. The van der Waals surface area contributed by atoms with Crippen LogP contribution in [0.25, 0.3) is 10.9 Å². The number of carbonyl (C=O) groups is 1. The second-order valence-electron chi connectivity index (χ2n) is 7.65. The van der Waals surface area contributed by atoms with Gasteiger partial charge in [0.05, 0.1) is 16.6 Å². The molecule has 3 aromatic carbocycles. The van der Waals surface area contributed by atoms with E-state index < -0.39 is 5.54 Å². The van der Waals surface area contributed by atoms with E-state index in [-0.39, 0.29) is 5.15 Å². The van der Waals surface area contributed by atoms with E-state index in [0.717, 1.165) is 34.2 Å². The molecule has 5 aromatic rings. The third-order valence-electron chi connectivity index (χ3n) is 5.84. The van der Waals surface area contributed by atoms with Gasteiger partial charge in [-0.25, -0.2) is 9.67 Å². The van der Waals surface area contributed by atoms with Gasteiger partial charge in [-0.05, 0) is 23.6 Å². The Balaban J connectivity index is 2.01. The third kappa shape index (κ3) is 3.03. The largest absolute Gasteiger partial charge is 0.296 e. The van der Waals surface area contributed by atoms with Gasteiger partial charge >= 0.3 is 0 Å². The molecule has 0 bridgehead atoms. The first-order valence-electron chi connectivity index (χ1n) is 10.3. The normalized spacial score (nSPS) is 11.6. The maximum Gasteiger partial charge on any atom is 0.169 e. The van der Waals surface area contributed by atoms with Crippen LogP contribution in [0.5, 0.6) is 0 Å². The molecule has 5 rings (SSSR count). The molecule has 0 aliphatic carbocycles. The summed E-state index contributed by atoms with van der Waals surface area (Å²) in [6.07, 6.45) is 0.739. The topological polar surface area (TPSA) is 47.8 Å². The highest BCUT2D eigenvalue weighted by Gasteiger charge is 2.41. The van der Waals surface area contributed by atoms with Crippen molar-refractivity contribution in [2.75, 3.05) is 0 Å². The number of benzene rings is 3. The standard InChI is InChI=1S/C27H20ClN3O/c1-19-26-23(18-32)29-25(28)17-24(26)31(30-19)27(20-11-5-2-6-12-20,21-13-7-3-8-14-21)22-15-9-4-10-16-22/h2-18H,1H3. The lowest BCUT2D eigenvalue weighted by Gasteiger charge is -2.37. The second kappa shape index (κ2) is 8.06. The van der Waals surface area contributed by atoms with Gasteiger partial charge in [0, 0.05) is 6.07 Å². The van der Waals surface area contributed by atoms with Crippen molar-refractivity contribution in [3.05, 3.63) is 130 Å². The molecule has 156 valence electrons. The third-order valence-corrected chi connectivity index (χ3v) is 6.03. The number of rotatable bonds is 5. The summed E-state index contributed by atoms with van der Waals surface area (Å²) in [6.45, 7) is 1.90. The fourth-order valence-electron chi connectivity index (χ4n) is 4.56. The van der Waals surface area contributed by atoms with E-state index in [1.807, 2.05) is 66.2 Å². The minimum atomic E-state index is -0.791. The Bertz CT molecular complexity index is 1300. The van der Waals surface area contributed by atoms with Crippen molar-refractivity contribution in [1.82, 2.24) is 14.8 Å². The van der Waals surface area contributed by atoms with Gasteiger partial charge < -0.3 is 0 Å². The summed E-state index contributed by atoms with van der Waals surface area (Å²) < 4.78 is 1.98. The van der Waals surface area contributed by atoms with Crippen molar-refractivity contribution in [3.63, 3.8) is 0 Å². The van der Waals surface area contributed by atoms with Gasteiger partial charge in [-0.15, -0.1) is 0 Å². The Hall–Kier alpha value is -3.76. The van der Waals surface area contributed by atoms with Gasteiger partial charge in [0.2, 0.25) is 0 Å². The fraction of sp³-hybridized carbons (Fsp3) is 0.0741. The second-order valence-corrected chi connectivity index (χ2v) is 8.04. The molecule has 0 amide bonds. The molecule has 2 heterocycles. The summed E-state index contributed by atoms with van der Waals surface area (Å²) >= 11 is 6.36. The Kier molecular flexibility index (Phi) is 5.08. The summed E-state index contributed by atoms with van der Waals surface area (Å²) in [4.78, 5) is 16.1. The van der Waals surface area contributed by atoms with Crippen molar-refractivity contribution in [2.24, 2.45) is 0 Å². The Morgan fingerprint density at radius 2 is 1.28 bits per heavy atom. The van der Waals surface area contributed by atoms with E-state index in [0.29, 0.717) is 11.1 Å². The molecule has 0 saturated carbocycles. The van der Waals surface area contributed by atoms with E-state index in [4.69, 9.17) is 16.7 Å². The Morgan fingerprint density at radius 3 is 1.72 bits per heavy atom. The van der Waals surface area contributed by atoms with E-state index in [9.17, 15) is 4.79 Å². The monoisotopic (exact) mass is 437 g/mol. The molecule has 0 N–H and O–H groups in total. The molecule has 0 spiro atoms. The van der Waals surface area contributed by atoms with Crippen LogP contribution in [0.1, 0.15) is 32.9 Å². The van der Waals surface area contributed by atoms with Crippen LogP contribution in [0.15, 0.2) is 97.1 Å². The van der Waals surface area contributed by atoms with Gasteiger partial charge in [0.1, 0.15) is 16.4 Å². The van der Waals surface area contributed by atoms with Gasteiger partial charge in [-0.1, -0.05) is 103 Å². The highest BCUT2D eigenvalue weighted by molar-refractivity contribution is 6.30. The lowest BCUT2D eigenvalue weighted by atomic mass is 9.77. The van der Waals surface area contributed by atoms with E-state index in [1.165, 1.54) is 0 Å². The SMILES string of the molecule is Cc1nn(C(c2ccccc2)(c2ccccc2)c2ccccc2)c2cc(Cl)nc(C=O)c12. The zero-order valence-electron chi connectivity index (χ0n) is 17.4. The first kappa shape index (κ1) is 20.2. The average molecular weight is 438 g/mol. The van der Waals surface area contributed by atoms with Crippen LogP contribution in [-0.4, -0.2) is 21.1 Å². The Labute approximate surface area is 191 Å². The van der Waals surface area contributed by atoms with Gasteiger partial charge in [-0.2, -0.15) is 5.10 Å². The highest BCUT2D eigenvalue weighted by atomic mass is 35.5. The lowest BCUT2D eigenvalue weighted by molar-refractivity contribution is 0.112. The molecule has 0 aliphatic rings. The predicted octanol–water partition coefficient (Wildman–Crippen LogP) is 6.05. The molecule has 0 radical (unpaired) electrons. The predicted molar refractivity (Wildman–Crippen MR) is 127 cm³/mol. The van der Waals surface area contributed by atoms with Crippen LogP contribution in [0, 0.1) is 6.92 Å². The van der Waals surface area contributed by atoms with Crippen LogP contribution in [0.3, 0.4) is 0 Å². The molecular weight excluding hydrogens is 418 g/mol. The molecule has 5 heteroatoms. The highest BCUT2D eigenvalue weighted by Crippen LogP contribution is 2.43. The van der Waals surface area contributed by atoms with Crippen LogP contribution in [0.4, 0.5) is 0 Å². The van der Waals surface area contributed by atoms with Crippen LogP contribution in [0.2, 0.25) is 5.15 Å². The lowest BCUT2D eigenvalue weighted by Crippen LogP contribution is -2.38. The molecule has 4 nitrogen and oxygen atoms in total. The molecular formula is C27H20ClN3O. The smallest absolute Gasteiger partial charge is 0.169 e. The molecule has 0 unspecified atom stereocenters. The summed E-state index contributed by atoms with van der Waals surface area (Å²) in [5.41, 5.74) is 4.10. The number of hydrogen-bond donors (Lipinski definition) is 0. The number of fused-ring (bicyclic) bond motifs is 1. The number of aryl methyl sites for hydroxylation is 1. The zero-order chi connectivity index (χ0) is 22.1. The molecule has 2 aromatic heterocycles. The van der Waals surface area contributed by atoms with Crippen LogP contribution < -0.4 is 0 Å². The van der Waals surface area contributed by atoms with Crippen LogP contribution in [-0.2, 0) is 5.54 Å². The number of halogens is 1. The number of nitrogens with zero attached hydrogens (tertiary/aromatic N) is 3. The van der Waals surface area contributed by atoms with Gasteiger partial charge in [0.15, 0.2) is 6.29 Å². The van der Waals surface area contributed by atoms with Crippen LogP contribution >= 0.6 is 11.6 Å². The molecule has 32 heavy (non-hydrogen) atoms. The van der Waals surface area contributed by atoms with E-state index in [2.05, 4.69) is 41.4 Å². The van der Waals surface area contributed by atoms with Crippen molar-refractivity contribution in [1.29, 1.82) is 0 Å². The molecule has 0 aliphatic heterocycles. The number of pyridine rings is 1. The van der Waals surface area contributed by atoms with E-state index in [1.54, 1.807) is 6.07 Å². The molecule has 0 fully saturated rings. The van der Waals surface area contributed by atoms with Gasteiger partial charge in [0.25, 0.3) is 0 Å². The summed E-state index contributed by atoms with van der Waals surface area (Å²) in [6, 6.07) is 32.6. The Morgan fingerprint density at radius 1 is 0.812 bits per heavy atom. The van der Waals surface area contributed by atoms with E-state index >= 15 is 0 Å². The van der Waals surface area contributed by atoms with Crippen molar-refractivity contribution in [3.8, 4) is 0 Å². The quantitative estimate of drug-likeness (QED) is 0.191. The number of aromatic nitrogens is 3. The molecule has 0 atom stereocenters. The summed E-state index contributed by atoms with van der Waals surface area (Å²) in [7, 11) is 0. The van der Waals surface area contributed by atoms with Crippen molar-refractivity contribution in [2.45, 2.75) is 12.5 Å². The summed E-state index contributed by atoms with van der Waals surface area (Å²) in [5, 5.41) is 5.96. The first-order valence-corrected chi connectivity index (χ1v) is 10.7. The minimum Gasteiger partial charge on any atom is -0.296 e. The first-order chi connectivity index (χ1) is 15.7. The maximum atomic E-state index is 11.8. The number of aldehydes is 1. The fourth-order valence-corrected chi connectivity index (χ4v) is 4.75. The van der Waals surface area contributed by atoms with Crippen molar-refractivity contribution < 1.29 is 4.79 Å². The van der Waals surface area contributed by atoms with Crippen molar-refractivity contribution >= 4 is 28.8 Å². The number of hydrogen-bond acceptors (Lipinski definition) is 3.